The fraction of sp³-hybridized carbons (Fsp3) is 0.500. The normalized spacial score (nSPS) is 9.89. The third-order valence-corrected chi connectivity index (χ3v) is 2.14. The maximum absolute atomic E-state index is 10.7. The number of hydrogen-bond acceptors (Lipinski definition) is 5. The molecule has 1 heterocycles. The Balaban J connectivity index is 2.48. The highest BCUT2D eigenvalue weighted by Crippen LogP contribution is 2.20. The second-order valence-corrected chi connectivity index (χ2v) is 3.85. The summed E-state index contributed by atoms with van der Waals surface area (Å²) < 4.78 is 5.43. The van der Waals surface area contributed by atoms with Crippen LogP contribution in [0.1, 0.15) is 20.3 Å². The summed E-state index contributed by atoms with van der Waals surface area (Å²) in [6, 6.07) is 3.53. The number of pyridine rings is 1. The van der Waals surface area contributed by atoms with Crippen molar-refractivity contribution in [2.45, 2.75) is 20.3 Å². The second-order valence-electron chi connectivity index (χ2n) is 3.85. The number of nitrogens with two attached hydrogens (primary N) is 1. The number of nitrogen functional groups attached to an aromatic ring is 1. The average molecular weight is 252 g/mol. The van der Waals surface area contributed by atoms with Crippen LogP contribution in [0.3, 0.4) is 0 Å². The van der Waals surface area contributed by atoms with E-state index in [1.807, 2.05) is 6.92 Å². The zero-order valence-electron chi connectivity index (χ0n) is 10.8. The van der Waals surface area contributed by atoms with E-state index < -0.39 is 0 Å². The Hall–Kier alpha value is -1.98. The first kappa shape index (κ1) is 14.1. The molecule has 6 nitrogen and oxygen atoms in total. The molecule has 1 amide bonds. The van der Waals surface area contributed by atoms with E-state index in [1.54, 1.807) is 12.1 Å². The molecule has 1 aromatic heterocycles. The van der Waals surface area contributed by atoms with Crippen LogP contribution in [0, 0.1) is 0 Å². The highest BCUT2D eigenvalue weighted by atomic mass is 16.5. The monoisotopic (exact) mass is 252 g/mol. The first-order valence-corrected chi connectivity index (χ1v) is 6.01. The molecule has 0 saturated carbocycles. The van der Waals surface area contributed by atoms with Crippen molar-refractivity contribution in [1.29, 1.82) is 0 Å². The molecule has 1 rings (SSSR count). The van der Waals surface area contributed by atoms with Crippen LogP contribution in [0.15, 0.2) is 12.1 Å². The minimum absolute atomic E-state index is 0.0472. The first-order valence-electron chi connectivity index (χ1n) is 6.01. The van der Waals surface area contributed by atoms with Crippen molar-refractivity contribution in [3.8, 4) is 5.88 Å². The molecule has 0 spiro atoms. The third kappa shape index (κ3) is 4.90. The van der Waals surface area contributed by atoms with Crippen LogP contribution in [0.4, 0.5) is 11.5 Å². The molecule has 100 valence electrons. The minimum Gasteiger partial charge on any atom is -0.476 e. The summed E-state index contributed by atoms with van der Waals surface area (Å²) in [6.45, 7) is 5.24. The van der Waals surface area contributed by atoms with Gasteiger partial charge in [-0.1, -0.05) is 6.92 Å². The summed E-state index contributed by atoms with van der Waals surface area (Å²) in [4.78, 5) is 14.9. The van der Waals surface area contributed by atoms with Gasteiger partial charge in [0.05, 0.1) is 12.3 Å². The number of ether oxygens (including phenoxy) is 1. The van der Waals surface area contributed by atoms with Gasteiger partial charge in [0.2, 0.25) is 11.8 Å². The molecule has 6 heteroatoms. The van der Waals surface area contributed by atoms with E-state index >= 15 is 0 Å². The van der Waals surface area contributed by atoms with Crippen molar-refractivity contribution < 1.29 is 9.53 Å². The van der Waals surface area contributed by atoms with Gasteiger partial charge in [-0.3, -0.25) is 4.79 Å². The smallest absolute Gasteiger partial charge is 0.239 e. The number of aromatic nitrogens is 1. The Morgan fingerprint density at radius 1 is 1.44 bits per heavy atom. The number of nitrogens with zero attached hydrogens (tertiary/aromatic N) is 1. The Bertz CT molecular complexity index is 396. The summed E-state index contributed by atoms with van der Waals surface area (Å²) in [5.41, 5.74) is 6.28. The zero-order valence-corrected chi connectivity index (χ0v) is 10.8. The molecule has 0 aliphatic rings. The Morgan fingerprint density at radius 3 is 2.89 bits per heavy atom. The summed E-state index contributed by atoms with van der Waals surface area (Å²) in [7, 11) is 0. The zero-order chi connectivity index (χ0) is 13.4. The third-order valence-electron chi connectivity index (χ3n) is 2.14. The van der Waals surface area contributed by atoms with Gasteiger partial charge in [0, 0.05) is 20.0 Å². The molecule has 0 aromatic carbocycles. The van der Waals surface area contributed by atoms with Gasteiger partial charge in [0.15, 0.2) is 0 Å². The van der Waals surface area contributed by atoms with Crippen molar-refractivity contribution in [2.75, 3.05) is 30.7 Å². The summed E-state index contributed by atoms with van der Waals surface area (Å²) in [5, 5.41) is 5.77. The lowest BCUT2D eigenvalue weighted by Crippen LogP contribution is -2.26. The fourth-order valence-corrected chi connectivity index (χ4v) is 1.29. The molecule has 4 N–H and O–H groups in total. The lowest BCUT2D eigenvalue weighted by atomic mass is 10.4. The highest BCUT2D eigenvalue weighted by molar-refractivity contribution is 5.72. The molecule has 0 bridgehead atoms. The average Bonchev–Trinajstić information content (AvgIpc) is 2.34. The van der Waals surface area contributed by atoms with Gasteiger partial charge in [-0.15, -0.1) is 0 Å². The molecular formula is C12H20N4O2. The number of nitrogens with one attached hydrogen (secondary N) is 2. The number of carbonyl (C=O) groups excluding carboxylic acids is 1. The maximum atomic E-state index is 10.7. The number of rotatable bonds is 7. The van der Waals surface area contributed by atoms with E-state index in [0.29, 0.717) is 37.1 Å². The molecule has 0 aliphatic heterocycles. The van der Waals surface area contributed by atoms with Crippen molar-refractivity contribution in [1.82, 2.24) is 10.3 Å². The van der Waals surface area contributed by atoms with Gasteiger partial charge < -0.3 is 21.1 Å². The number of amides is 1. The Morgan fingerprint density at radius 2 is 2.22 bits per heavy atom. The molecule has 0 atom stereocenters. The van der Waals surface area contributed by atoms with Crippen molar-refractivity contribution in [3.63, 3.8) is 0 Å². The fourth-order valence-electron chi connectivity index (χ4n) is 1.29. The van der Waals surface area contributed by atoms with E-state index in [9.17, 15) is 4.79 Å². The minimum atomic E-state index is -0.0472. The van der Waals surface area contributed by atoms with E-state index in [4.69, 9.17) is 10.5 Å². The van der Waals surface area contributed by atoms with Gasteiger partial charge in [-0.25, -0.2) is 0 Å². The SMILES string of the molecule is CCCOc1nc(NCCNC(C)=O)ccc1N. The van der Waals surface area contributed by atoms with Crippen LogP contribution < -0.4 is 21.1 Å². The summed E-state index contributed by atoms with van der Waals surface area (Å²) in [5.74, 6) is 1.08. The summed E-state index contributed by atoms with van der Waals surface area (Å²) in [6.07, 6.45) is 0.904. The van der Waals surface area contributed by atoms with Crippen molar-refractivity contribution >= 4 is 17.4 Å². The molecule has 0 saturated heterocycles. The van der Waals surface area contributed by atoms with Gasteiger partial charge in [0.1, 0.15) is 5.82 Å². The van der Waals surface area contributed by atoms with Crippen LogP contribution in [0.5, 0.6) is 5.88 Å². The Labute approximate surface area is 107 Å². The van der Waals surface area contributed by atoms with E-state index in [0.717, 1.165) is 6.42 Å². The quantitative estimate of drug-likeness (QED) is 0.630. The predicted molar refractivity (Wildman–Crippen MR) is 71.6 cm³/mol. The lowest BCUT2D eigenvalue weighted by Gasteiger charge is -2.10. The molecule has 1 aromatic rings. The van der Waals surface area contributed by atoms with Crippen molar-refractivity contribution in [3.05, 3.63) is 12.1 Å². The summed E-state index contributed by atoms with van der Waals surface area (Å²) >= 11 is 0. The van der Waals surface area contributed by atoms with Crippen LogP contribution in [0.2, 0.25) is 0 Å². The molecule has 0 aliphatic carbocycles. The maximum Gasteiger partial charge on any atom is 0.239 e. The molecule has 18 heavy (non-hydrogen) atoms. The topological polar surface area (TPSA) is 89.3 Å². The van der Waals surface area contributed by atoms with Crippen LogP contribution >= 0.6 is 0 Å². The van der Waals surface area contributed by atoms with Gasteiger partial charge in [-0.2, -0.15) is 4.98 Å². The number of anilines is 2. The molecular weight excluding hydrogens is 232 g/mol. The van der Waals surface area contributed by atoms with E-state index in [-0.39, 0.29) is 5.91 Å². The molecule has 0 unspecified atom stereocenters. The lowest BCUT2D eigenvalue weighted by molar-refractivity contribution is -0.118. The number of hydrogen-bond donors (Lipinski definition) is 3. The van der Waals surface area contributed by atoms with Crippen molar-refractivity contribution in [2.24, 2.45) is 0 Å². The first-order chi connectivity index (χ1) is 8.63. The second kappa shape index (κ2) is 7.37. The van der Waals surface area contributed by atoms with Gasteiger partial charge in [-0.05, 0) is 18.6 Å². The highest BCUT2D eigenvalue weighted by Gasteiger charge is 2.03. The van der Waals surface area contributed by atoms with Crippen LogP contribution in [-0.4, -0.2) is 30.6 Å². The van der Waals surface area contributed by atoms with Crippen LogP contribution in [-0.2, 0) is 4.79 Å². The standard InChI is InChI=1S/C12H20N4O2/c1-3-8-18-12-10(13)4-5-11(16-12)15-7-6-14-9(2)17/h4-5H,3,6-8,13H2,1-2H3,(H,14,17)(H,15,16). The van der Waals surface area contributed by atoms with E-state index in [2.05, 4.69) is 15.6 Å². The van der Waals surface area contributed by atoms with Gasteiger partial charge >= 0.3 is 0 Å². The largest absolute Gasteiger partial charge is 0.476 e. The van der Waals surface area contributed by atoms with E-state index in [1.165, 1.54) is 6.92 Å². The molecule has 0 radical (unpaired) electrons. The number of carbonyl (C=O) groups is 1. The van der Waals surface area contributed by atoms with Gasteiger partial charge in [0.25, 0.3) is 0 Å². The molecule has 0 fully saturated rings. The predicted octanol–water partition coefficient (Wildman–Crippen LogP) is 1.00. The van der Waals surface area contributed by atoms with Crippen LogP contribution in [0.25, 0.3) is 0 Å². The Kier molecular flexibility index (Phi) is 5.76.